The van der Waals surface area contributed by atoms with Crippen LogP contribution in [0, 0.1) is 5.92 Å². The summed E-state index contributed by atoms with van der Waals surface area (Å²) in [6.07, 6.45) is -3.88. The van der Waals surface area contributed by atoms with E-state index >= 15 is 0 Å². The van der Waals surface area contributed by atoms with Gasteiger partial charge in [0.25, 0.3) is 0 Å². The molecule has 1 amide bonds. The summed E-state index contributed by atoms with van der Waals surface area (Å²) in [5.74, 6) is 0.113. The maximum absolute atomic E-state index is 12.7. The standard InChI is InChI=1S/C20H19ClF3N5O4/c21-14-2-3-15-13(11-14)1-4-16(25-15)26-17(30)12-5-7-29(8-6-12)18-27-28-19(33-18)31-9-10-32-20(22,23)24/h1-4,11-12H,5-10H2,(H,25,26,30). The van der Waals surface area contributed by atoms with Crippen LogP contribution < -0.4 is 15.0 Å². The Morgan fingerprint density at radius 3 is 2.73 bits per heavy atom. The Kier molecular flexibility index (Phi) is 6.84. The highest BCUT2D eigenvalue weighted by Gasteiger charge is 2.29. The Hall–Kier alpha value is -3.12. The van der Waals surface area contributed by atoms with Crippen molar-refractivity contribution >= 4 is 40.2 Å². The third kappa shape index (κ3) is 6.23. The molecule has 0 aliphatic carbocycles. The molecule has 0 unspecified atom stereocenters. The predicted molar refractivity (Wildman–Crippen MR) is 112 cm³/mol. The Morgan fingerprint density at radius 1 is 1.18 bits per heavy atom. The lowest BCUT2D eigenvalue weighted by Gasteiger charge is -2.29. The summed E-state index contributed by atoms with van der Waals surface area (Å²) in [6.45, 7) is -0.109. The fourth-order valence-electron chi connectivity index (χ4n) is 3.40. The summed E-state index contributed by atoms with van der Waals surface area (Å²) in [5.41, 5.74) is 0.728. The molecule has 33 heavy (non-hydrogen) atoms. The maximum atomic E-state index is 12.7. The minimum atomic E-state index is -4.72. The summed E-state index contributed by atoms with van der Waals surface area (Å²) in [6, 6.07) is 9.08. The number of nitrogens with one attached hydrogen (secondary N) is 1. The number of rotatable bonds is 7. The topological polar surface area (TPSA) is 103 Å². The third-order valence-corrected chi connectivity index (χ3v) is 5.24. The average molecular weight is 486 g/mol. The van der Waals surface area contributed by atoms with Crippen molar-refractivity contribution in [2.45, 2.75) is 19.2 Å². The number of aromatic nitrogens is 3. The van der Waals surface area contributed by atoms with E-state index in [1.54, 1.807) is 29.2 Å². The molecule has 0 spiro atoms. The number of halogens is 4. The second-order valence-corrected chi connectivity index (χ2v) is 7.71. The van der Waals surface area contributed by atoms with Gasteiger partial charge in [0.15, 0.2) is 0 Å². The molecule has 13 heteroatoms. The number of hydrogen-bond donors (Lipinski definition) is 1. The molecule has 1 N–H and O–H groups in total. The Labute approximate surface area is 190 Å². The molecule has 3 heterocycles. The van der Waals surface area contributed by atoms with Gasteiger partial charge in [0.1, 0.15) is 12.4 Å². The van der Waals surface area contributed by atoms with Gasteiger partial charge < -0.3 is 19.4 Å². The van der Waals surface area contributed by atoms with Gasteiger partial charge in [-0.1, -0.05) is 21.8 Å². The van der Waals surface area contributed by atoms with E-state index in [1.165, 1.54) is 0 Å². The van der Waals surface area contributed by atoms with Crippen molar-refractivity contribution in [3.05, 3.63) is 35.4 Å². The second-order valence-electron chi connectivity index (χ2n) is 7.28. The molecule has 3 aromatic rings. The molecule has 1 fully saturated rings. The number of anilines is 2. The lowest BCUT2D eigenvalue weighted by Crippen LogP contribution is -2.38. The van der Waals surface area contributed by atoms with Gasteiger partial charge in [0.2, 0.25) is 5.91 Å². The number of nitrogens with zero attached hydrogens (tertiary/aromatic N) is 4. The van der Waals surface area contributed by atoms with Crippen LogP contribution in [-0.4, -0.2) is 53.8 Å². The first-order valence-corrected chi connectivity index (χ1v) is 10.4. The van der Waals surface area contributed by atoms with Crippen molar-refractivity contribution in [1.29, 1.82) is 0 Å². The number of fused-ring (bicyclic) bond motifs is 1. The highest BCUT2D eigenvalue weighted by atomic mass is 35.5. The number of carbonyl (C=O) groups is 1. The summed E-state index contributed by atoms with van der Waals surface area (Å²) in [4.78, 5) is 18.9. The van der Waals surface area contributed by atoms with Crippen molar-refractivity contribution < 1.29 is 31.9 Å². The van der Waals surface area contributed by atoms with Crippen LogP contribution in [0.1, 0.15) is 12.8 Å². The van der Waals surface area contributed by atoms with Gasteiger partial charge in [-0.25, -0.2) is 4.98 Å². The van der Waals surface area contributed by atoms with E-state index in [2.05, 4.69) is 25.2 Å². The number of carbonyl (C=O) groups excluding carboxylic acids is 1. The first-order valence-electron chi connectivity index (χ1n) is 10.1. The normalized spacial score (nSPS) is 15.1. The number of ether oxygens (including phenoxy) is 2. The van der Waals surface area contributed by atoms with Gasteiger partial charge in [0.05, 0.1) is 12.1 Å². The summed E-state index contributed by atoms with van der Waals surface area (Å²) in [5, 5.41) is 11.8. The molecule has 2 aromatic heterocycles. The number of pyridine rings is 1. The number of benzene rings is 1. The molecule has 4 rings (SSSR count). The first kappa shape index (κ1) is 23.1. The molecule has 0 radical (unpaired) electrons. The van der Waals surface area contributed by atoms with Crippen LogP contribution in [0.3, 0.4) is 0 Å². The highest BCUT2D eigenvalue weighted by molar-refractivity contribution is 6.31. The Morgan fingerprint density at radius 2 is 1.97 bits per heavy atom. The van der Waals surface area contributed by atoms with Crippen LogP contribution in [0.4, 0.5) is 25.0 Å². The van der Waals surface area contributed by atoms with E-state index in [-0.39, 0.29) is 30.5 Å². The van der Waals surface area contributed by atoms with Gasteiger partial charge in [-0.05, 0) is 43.2 Å². The van der Waals surface area contributed by atoms with Crippen molar-refractivity contribution in [2.75, 3.05) is 36.5 Å². The largest absolute Gasteiger partial charge is 0.522 e. The van der Waals surface area contributed by atoms with Crippen molar-refractivity contribution in [3.63, 3.8) is 0 Å². The van der Waals surface area contributed by atoms with E-state index in [9.17, 15) is 18.0 Å². The quantitative estimate of drug-likeness (QED) is 0.500. The van der Waals surface area contributed by atoms with E-state index in [0.29, 0.717) is 36.8 Å². The Balaban J connectivity index is 1.25. The van der Waals surface area contributed by atoms with Crippen LogP contribution in [-0.2, 0) is 9.53 Å². The van der Waals surface area contributed by atoms with E-state index in [0.717, 1.165) is 10.9 Å². The molecule has 1 aromatic carbocycles. The maximum Gasteiger partial charge on any atom is 0.522 e. The molecule has 1 aliphatic heterocycles. The van der Waals surface area contributed by atoms with E-state index in [1.807, 2.05) is 6.07 Å². The fraction of sp³-hybridized carbons (Fsp3) is 0.400. The smallest absolute Gasteiger partial charge is 0.447 e. The lowest BCUT2D eigenvalue weighted by atomic mass is 9.96. The number of alkyl halides is 3. The summed E-state index contributed by atoms with van der Waals surface area (Å²) in [7, 11) is 0. The predicted octanol–water partition coefficient (Wildman–Crippen LogP) is 4.04. The number of hydrogen-bond acceptors (Lipinski definition) is 8. The molecule has 0 bridgehead atoms. The molecule has 0 saturated carbocycles. The third-order valence-electron chi connectivity index (χ3n) is 5.01. The fourth-order valence-corrected chi connectivity index (χ4v) is 3.58. The van der Waals surface area contributed by atoms with Crippen LogP contribution >= 0.6 is 11.6 Å². The first-order chi connectivity index (χ1) is 15.8. The van der Waals surface area contributed by atoms with Crippen LogP contribution in [0.2, 0.25) is 5.02 Å². The zero-order valence-electron chi connectivity index (χ0n) is 17.1. The highest BCUT2D eigenvalue weighted by Crippen LogP contribution is 2.26. The van der Waals surface area contributed by atoms with E-state index < -0.39 is 13.0 Å². The minimum absolute atomic E-state index is 0.130. The zero-order valence-corrected chi connectivity index (χ0v) is 17.9. The van der Waals surface area contributed by atoms with Crippen LogP contribution in [0.15, 0.2) is 34.7 Å². The lowest BCUT2D eigenvalue weighted by molar-refractivity contribution is -0.325. The van der Waals surface area contributed by atoms with Crippen molar-refractivity contribution in [2.24, 2.45) is 5.92 Å². The minimum Gasteiger partial charge on any atom is -0.447 e. The van der Waals surface area contributed by atoms with Gasteiger partial charge >= 0.3 is 18.5 Å². The molecule has 1 aliphatic rings. The number of amides is 1. The molecular weight excluding hydrogens is 467 g/mol. The monoisotopic (exact) mass is 485 g/mol. The molecule has 0 atom stereocenters. The zero-order chi connectivity index (χ0) is 23.4. The molecular formula is C20H19ClF3N5O4. The van der Waals surface area contributed by atoms with Crippen molar-refractivity contribution in [3.8, 4) is 6.08 Å². The SMILES string of the molecule is O=C(Nc1ccc2cc(Cl)ccc2n1)C1CCN(c2nnc(OCCOC(F)(F)F)o2)CC1. The van der Waals surface area contributed by atoms with Gasteiger partial charge in [-0.15, -0.1) is 13.2 Å². The molecule has 9 nitrogen and oxygen atoms in total. The van der Waals surface area contributed by atoms with Crippen LogP contribution in [0.25, 0.3) is 10.9 Å². The second kappa shape index (κ2) is 9.79. The number of piperidine rings is 1. The van der Waals surface area contributed by atoms with Crippen LogP contribution in [0.5, 0.6) is 6.08 Å². The van der Waals surface area contributed by atoms with Gasteiger partial charge in [-0.3, -0.25) is 9.53 Å². The average Bonchev–Trinajstić information content (AvgIpc) is 3.25. The van der Waals surface area contributed by atoms with Gasteiger partial charge in [-0.2, -0.15) is 0 Å². The van der Waals surface area contributed by atoms with Gasteiger partial charge in [0, 0.05) is 29.4 Å². The van der Waals surface area contributed by atoms with Crippen molar-refractivity contribution in [1.82, 2.24) is 15.2 Å². The molecule has 1 saturated heterocycles. The molecule has 176 valence electrons. The summed E-state index contributed by atoms with van der Waals surface area (Å²) < 4.78 is 49.7. The van der Waals surface area contributed by atoms with E-state index in [4.69, 9.17) is 20.8 Å². The Bertz CT molecular complexity index is 1120. The summed E-state index contributed by atoms with van der Waals surface area (Å²) >= 11 is 5.98.